The fraction of sp³-hybridized carbons (Fsp3) is 0.500. The minimum atomic E-state index is -0.437. The molecule has 0 aromatic heterocycles. The van der Waals surface area contributed by atoms with Gasteiger partial charge in [0.2, 0.25) is 0 Å². The van der Waals surface area contributed by atoms with Gasteiger partial charge >= 0.3 is 0 Å². The number of hydrogen-bond donors (Lipinski definition) is 1. The van der Waals surface area contributed by atoms with Crippen LogP contribution in [0, 0.1) is 17.6 Å². The molecule has 0 spiro atoms. The van der Waals surface area contributed by atoms with Crippen LogP contribution in [0.25, 0.3) is 0 Å². The highest BCUT2D eigenvalue weighted by Crippen LogP contribution is 2.42. The van der Waals surface area contributed by atoms with E-state index in [0.717, 1.165) is 19.4 Å². The van der Waals surface area contributed by atoms with Gasteiger partial charge in [0.05, 0.1) is 0 Å². The van der Waals surface area contributed by atoms with E-state index in [9.17, 15) is 8.78 Å². The molecule has 1 saturated carbocycles. The van der Waals surface area contributed by atoms with Gasteiger partial charge in [0.15, 0.2) is 0 Å². The molecular formula is C12H15F2N. The van der Waals surface area contributed by atoms with E-state index in [1.807, 2.05) is 6.92 Å². The van der Waals surface area contributed by atoms with Crippen LogP contribution in [0.4, 0.5) is 8.78 Å². The largest absolute Gasteiger partial charge is 0.310 e. The number of benzene rings is 1. The van der Waals surface area contributed by atoms with Crippen molar-refractivity contribution < 1.29 is 8.78 Å². The van der Waals surface area contributed by atoms with Crippen LogP contribution in [0.15, 0.2) is 18.2 Å². The summed E-state index contributed by atoms with van der Waals surface area (Å²) in [5.41, 5.74) is 0.210. The number of rotatable bonds is 4. The van der Waals surface area contributed by atoms with Gasteiger partial charge in [0, 0.05) is 11.6 Å². The molecule has 0 aliphatic heterocycles. The van der Waals surface area contributed by atoms with E-state index in [1.54, 1.807) is 0 Å². The van der Waals surface area contributed by atoms with Crippen LogP contribution in [0.1, 0.15) is 31.4 Å². The zero-order valence-electron chi connectivity index (χ0n) is 8.76. The Balaban J connectivity index is 2.31. The van der Waals surface area contributed by atoms with Crippen molar-refractivity contribution in [2.75, 3.05) is 6.54 Å². The molecule has 0 radical (unpaired) electrons. The molecule has 0 saturated heterocycles. The summed E-state index contributed by atoms with van der Waals surface area (Å²) in [6, 6.07) is 3.90. The van der Waals surface area contributed by atoms with Crippen LogP contribution in [0.3, 0.4) is 0 Å². The highest BCUT2D eigenvalue weighted by molar-refractivity contribution is 5.25. The van der Waals surface area contributed by atoms with E-state index >= 15 is 0 Å². The maximum absolute atomic E-state index is 13.5. The quantitative estimate of drug-likeness (QED) is 0.807. The normalized spacial score (nSPS) is 17.8. The second-order valence-corrected chi connectivity index (χ2v) is 4.01. The van der Waals surface area contributed by atoms with Crippen molar-refractivity contribution in [1.29, 1.82) is 0 Å². The Morgan fingerprint density at radius 3 is 2.40 bits per heavy atom. The molecule has 1 aromatic carbocycles. The highest BCUT2D eigenvalue weighted by atomic mass is 19.1. The third-order valence-electron chi connectivity index (χ3n) is 2.83. The van der Waals surface area contributed by atoms with Crippen molar-refractivity contribution in [3.05, 3.63) is 35.4 Å². The Hall–Kier alpha value is -0.960. The molecule has 1 nitrogen and oxygen atoms in total. The first-order valence-electron chi connectivity index (χ1n) is 5.41. The Labute approximate surface area is 88.5 Å². The first kappa shape index (κ1) is 10.6. The van der Waals surface area contributed by atoms with E-state index in [2.05, 4.69) is 5.32 Å². The molecule has 0 heterocycles. The van der Waals surface area contributed by atoms with Crippen LogP contribution >= 0.6 is 0 Å². The van der Waals surface area contributed by atoms with E-state index in [1.165, 1.54) is 18.2 Å². The molecule has 1 aromatic rings. The summed E-state index contributed by atoms with van der Waals surface area (Å²) in [4.78, 5) is 0. The minimum Gasteiger partial charge on any atom is -0.310 e. The maximum Gasteiger partial charge on any atom is 0.130 e. The van der Waals surface area contributed by atoms with Crippen molar-refractivity contribution in [3.63, 3.8) is 0 Å². The van der Waals surface area contributed by atoms with Gasteiger partial charge in [-0.1, -0.05) is 13.0 Å². The second kappa shape index (κ2) is 4.27. The monoisotopic (exact) mass is 211 g/mol. The van der Waals surface area contributed by atoms with Gasteiger partial charge in [-0.25, -0.2) is 8.78 Å². The smallest absolute Gasteiger partial charge is 0.130 e. The summed E-state index contributed by atoms with van der Waals surface area (Å²) in [7, 11) is 0. The van der Waals surface area contributed by atoms with Gasteiger partial charge in [0.1, 0.15) is 11.6 Å². The van der Waals surface area contributed by atoms with E-state index in [0.29, 0.717) is 5.92 Å². The average Bonchev–Trinajstić information content (AvgIpc) is 2.99. The Bertz CT molecular complexity index is 327. The molecule has 2 rings (SSSR count). The molecule has 1 aliphatic rings. The van der Waals surface area contributed by atoms with Crippen molar-refractivity contribution in [3.8, 4) is 0 Å². The Morgan fingerprint density at radius 2 is 1.93 bits per heavy atom. The third kappa shape index (κ3) is 2.17. The first-order valence-corrected chi connectivity index (χ1v) is 5.41. The lowest BCUT2D eigenvalue weighted by molar-refractivity contribution is 0.440. The number of halogens is 2. The van der Waals surface area contributed by atoms with Crippen molar-refractivity contribution in [2.24, 2.45) is 5.92 Å². The molecule has 15 heavy (non-hydrogen) atoms. The van der Waals surface area contributed by atoms with Crippen molar-refractivity contribution in [1.82, 2.24) is 5.32 Å². The Kier molecular flexibility index (Phi) is 3.00. The summed E-state index contributed by atoms with van der Waals surface area (Å²) in [6.45, 7) is 2.68. The predicted molar refractivity (Wildman–Crippen MR) is 55.5 cm³/mol. The average molecular weight is 211 g/mol. The van der Waals surface area contributed by atoms with E-state index in [4.69, 9.17) is 0 Å². The molecule has 1 atom stereocenters. The zero-order valence-corrected chi connectivity index (χ0v) is 8.76. The van der Waals surface area contributed by atoms with Crippen LogP contribution < -0.4 is 5.32 Å². The number of nitrogens with one attached hydrogen (secondary N) is 1. The van der Waals surface area contributed by atoms with Crippen LogP contribution in [-0.4, -0.2) is 6.54 Å². The molecule has 1 aliphatic carbocycles. The standard InChI is InChI=1S/C12H15F2N/c1-2-15-12(8-6-7-8)11-9(13)4-3-5-10(11)14/h3-5,8,12,15H,2,6-7H2,1H3. The lowest BCUT2D eigenvalue weighted by Gasteiger charge is -2.18. The lowest BCUT2D eigenvalue weighted by atomic mass is 10.0. The summed E-state index contributed by atoms with van der Waals surface area (Å²) < 4.78 is 27.1. The molecule has 1 fully saturated rings. The molecule has 0 bridgehead atoms. The summed E-state index contributed by atoms with van der Waals surface area (Å²) in [5, 5.41) is 3.16. The maximum atomic E-state index is 13.5. The van der Waals surface area contributed by atoms with Crippen LogP contribution in [0.5, 0.6) is 0 Å². The predicted octanol–water partition coefficient (Wildman–Crippen LogP) is 3.03. The molecule has 1 N–H and O–H groups in total. The van der Waals surface area contributed by atoms with Crippen molar-refractivity contribution >= 4 is 0 Å². The molecule has 1 unspecified atom stereocenters. The highest BCUT2D eigenvalue weighted by Gasteiger charge is 2.34. The van der Waals surface area contributed by atoms with Gasteiger partial charge in [0.25, 0.3) is 0 Å². The first-order chi connectivity index (χ1) is 7.24. The summed E-state index contributed by atoms with van der Waals surface area (Å²) in [5.74, 6) is -0.475. The number of hydrogen-bond acceptors (Lipinski definition) is 1. The summed E-state index contributed by atoms with van der Waals surface area (Å²) in [6.07, 6.45) is 2.12. The molecule has 82 valence electrons. The van der Waals surface area contributed by atoms with Gasteiger partial charge < -0.3 is 5.32 Å². The SMILES string of the molecule is CCNC(c1c(F)cccc1F)C1CC1. The zero-order chi connectivity index (χ0) is 10.8. The van der Waals surface area contributed by atoms with Gasteiger partial charge in [-0.15, -0.1) is 0 Å². The van der Waals surface area contributed by atoms with Crippen molar-refractivity contribution in [2.45, 2.75) is 25.8 Å². The second-order valence-electron chi connectivity index (χ2n) is 4.01. The topological polar surface area (TPSA) is 12.0 Å². The van der Waals surface area contributed by atoms with Gasteiger partial charge in [-0.2, -0.15) is 0 Å². The fourth-order valence-corrected chi connectivity index (χ4v) is 1.96. The van der Waals surface area contributed by atoms with E-state index < -0.39 is 11.6 Å². The fourth-order valence-electron chi connectivity index (χ4n) is 1.96. The Morgan fingerprint density at radius 1 is 1.33 bits per heavy atom. The summed E-state index contributed by atoms with van der Waals surface area (Å²) >= 11 is 0. The van der Waals surface area contributed by atoms with Crippen LogP contribution in [0.2, 0.25) is 0 Å². The minimum absolute atomic E-state index is 0.156. The molecule has 3 heteroatoms. The third-order valence-corrected chi connectivity index (χ3v) is 2.83. The van der Waals surface area contributed by atoms with Gasteiger partial charge in [-0.3, -0.25) is 0 Å². The molecule has 0 amide bonds. The molecular weight excluding hydrogens is 196 g/mol. The van der Waals surface area contributed by atoms with Crippen LogP contribution in [-0.2, 0) is 0 Å². The van der Waals surface area contributed by atoms with E-state index in [-0.39, 0.29) is 11.6 Å². The van der Waals surface area contributed by atoms with Gasteiger partial charge in [-0.05, 0) is 37.4 Å². The lowest BCUT2D eigenvalue weighted by Crippen LogP contribution is -2.24.